The Bertz CT molecular complexity index is 848. The van der Waals surface area contributed by atoms with Crippen molar-refractivity contribution in [1.29, 1.82) is 0 Å². The molecule has 1 aliphatic heterocycles. The van der Waals surface area contributed by atoms with Crippen molar-refractivity contribution >= 4 is 23.2 Å². The summed E-state index contributed by atoms with van der Waals surface area (Å²) in [4.78, 5) is 28.4. The Balaban J connectivity index is 1.64. The Kier molecular flexibility index (Phi) is 5.84. The van der Waals surface area contributed by atoms with E-state index >= 15 is 0 Å². The second kappa shape index (κ2) is 8.30. The van der Waals surface area contributed by atoms with Crippen LogP contribution in [-0.4, -0.2) is 65.8 Å². The van der Waals surface area contributed by atoms with Gasteiger partial charge in [0.15, 0.2) is 0 Å². The predicted molar refractivity (Wildman–Crippen MR) is 106 cm³/mol. The maximum absolute atomic E-state index is 12.5. The number of carbonyl (C=O) groups is 2. The normalized spacial score (nSPS) is 17.4. The second-order valence-electron chi connectivity index (χ2n) is 6.88. The zero-order valence-electron chi connectivity index (χ0n) is 16.4. The molecule has 28 heavy (non-hydrogen) atoms. The smallest absolute Gasteiger partial charge is 0.238 e. The third kappa shape index (κ3) is 4.42. The van der Waals surface area contributed by atoms with Crippen LogP contribution in [-0.2, 0) is 16.6 Å². The number of nitrogens with one attached hydrogen (secondary N) is 1. The largest absolute Gasteiger partial charge is 0.497 e. The van der Waals surface area contributed by atoms with Gasteiger partial charge in [-0.2, -0.15) is 5.10 Å². The molecule has 1 saturated heterocycles. The number of ether oxygens (including phenoxy) is 1. The monoisotopic (exact) mass is 386 g/mol. The van der Waals surface area contributed by atoms with Crippen LogP contribution in [0.15, 0.2) is 30.5 Å². The van der Waals surface area contributed by atoms with Crippen molar-refractivity contribution in [2.75, 3.05) is 43.5 Å². The summed E-state index contributed by atoms with van der Waals surface area (Å²) in [7, 11) is 3.42. The van der Waals surface area contributed by atoms with Crippen LogP contribution in [0.3, 0.4) is 0 Å². The maximum atomic E-state index is 12.5. The number of rotatable bonds is 6. The number of benzene rings is 1. The van der Waals surface area contributed by atoms with Gasteiger partial charge in [-0.3, -0.25) is 19.2 Å². The molecule has 1 aromatic carbocycles. The summed E-state index contributed by atoms with van der Waals surface area (Å²) in [5.74, 6) is 0.139. The molecule has 0 aliphatic carbocycles. The first-order valence-electron chi connectivity index (χ1n) is 9.10. The highest BCUT2D eigenvalue weighted by Crippen LogP contribution is 2.22. The second-order valence-corrected chi connectivity index (χ2v) is 6.88. The molecule has 1 aromatic heterocycles. The van der Waals surface area contributed by atoms with Gasteiger partial charge in [-0.25, -0.2) is 0 Å². The Morgan fingerprint density at radius 3 is 2.57 bits per heavy atom. The molecule has 2 aromatic rings. The summed E-state index contributed by atoms with van der Waals surface area (Å²) in [5, 5.41) is 7.06. The fourth-order valence-electron chi connectivity index (χ4n) is 3.40. The summed E-state index contributed by atoms with van der Waals surface area (Å²) < 4.78 is 6.83. The minimum Gasteiger partial charge on any atom is -0.497 e. The predicted octanol–water partition coefficient (Wildman–Crippen LogP) is 0.352. The van der Waals surface area contributed by atoms with E-state index in [-0.39, 0.29) is 12.5 Å². The molecular formula is C19H26N6O3. The number of hydrogen-bond donors (Lipinski definition) is 2. The van der Waals surface area contributed by atoms with E-state index in [1.165, 1.54) is 0 Å². The van der Waals surface area contributed by atoms with Crippen LogP contribution in [0.4, 0.5) is 11.4 Å². The minimum absolute atomic E-state index is 0.0956. The van der Waals surface area contributed by atoms with E-state index in [0.717, 1.165) is 17.1 Å². The zero-order chi connectivity index (χ0) is 20.3. The summed E-state index contributed by atoms with van der Waals surface area (Å²) in [6.07, 6.45) is 1.75. The Morgan fingerprint density at radius 1 is 1.29 bits per heavy atom. The number of methoxy groups -OCH3 is 1. The highest BCUT2D eigenvalue weighted by atomic mass is 16.5. The molecule has 2 heterocycles. The molecular weight excluding hydrogens is 360 g/mol. The van der Waals surface area contributed by atoms with Gasteiger partial charge in [0.2, 0.25) is 11.8 Å². The maximum Gasteiger partial charge on any atom is 0.238 e. The van der Waals surface area contributed by atoms with Crippen LogP contribution >= 0.6 is 0 Å². The molecule has 1 aliphatic rings. The topological polar surface area (TPSA) is 106 Å². The van der Waals surface area contributed by atoms with E-state index in [4.69, 9.17) is 10.5 Å². The SMILES string of the molecule is COc1ccc(N2CCN(CC(=O)Nc3cn(C)nc3C)[C@@H](C(N)=O)C2)cc1. The standard InChI is InChI=1S/C19H26N6O3/c1-13-16(10-23(2)22-13)21-18(26)12-25-9-8-24(11-17(25)19(20)27)14-4-6-15(28-3)7-5-14/h4-7,10,17H,8-9,11-12H2,1-3H3,(H2,20,27)(H,21,26)/t17-/m1/s1. The van der Waals surface area contributed by atoms with Gasteiger partial charge in [-0.1, -0.05) is 0 Å². The molecule has 150 valence electrons. The highest BCUT2D eigenvalue weighted by molar-refractivity contribution is 5.93. The lowest BCUT2D eigenvalue weighted by Crippen LogP contribution is -2.59. The number of anilines is 2. The number of nitrogens with zero attached hydrogens (tertiary/aromatic N) is 4. The molecule has 0 spiro atoms. The number of nitrogens with two attached hydrogens (primary N) is 1. The molecule has 9 heteroatoms. The molecule has 3 rings (SSSR count). The van der Waals surface area contributed by atoms with Gasteiger partial charge < -0.3 is 20.7 Å². The van der Waals surface area contributed by atoms with E-state index in [1.807, 2.05) is 36.1 Å². The first-order valence-corrected chi connectivity index (χ1v) is 9.10. The van der Waals surface area contributed by atoms with Crippen molar-refractivity contribution < 1.29 is 14.3 Å². The lowest BCUT2D eigenvalue weighted by molar-refractivity contribution is -0.125. The summed E-state index contributed by atoms with van der Waals surface area (Å²) >= 11 is 0. The number of primary amides is 1. The summed E-state index contributed by atoms with van der Waals surface area (Å²) in [5.41, 5.74) is 8.02. The van der Waals surface area contributed by atoms with E-state index in [0.29, 0.717) is 25.3 Å². The summed E-state index contributed by atoms with van der Waals surface area (Å²) in [6, 6.07) is 7.11. The van der Waals surface area contributed by atoms with Crippen LogP contribution in [0.1, 0.15) is 5.69 Å². The molecule has 9 nitrogen and oxygen atoms in total. The van der Waals surface area contributed by atoms with Gasteiger partial charge in [0, 0.05) is 38.6 Å². The molecule has 0 bridgehead atoms. The van der Waals surface area contributed by atoms with Crippen molar-refractivity contribution in [3.63, 3.8) is 0 Å². The zero-order valence-corrected chi connectivity index (χ0v) is 16.4. The number of carbonyl (C=O) groups excluding carboxylic acids is 2. The Morgan fingerprint density at radius 2 is 2.00 bits per heavy atom. The van der Waals surface area contributed by atoms with Crippen LogP contribution in [0, 0.1) is 6.92 Å². The lowest BCUT2D eigenvalue weighted by Gasteiger charge is -2.40. The van der Waals surface area contributed by atoms with Crippen molar-refractivity contribution in [3.8, 4) is 5.75 Å². The quantitative estimate of drug-likeness (QED) is 0.742. The van der Waals surface area contributed by atoms with Crippen molar-refractivity contribution in [1.82, 2.24) is 14.7 Å². The lowest BCUT2D eigenvalue weighted by atomic mass is 10.1. The van der Waals surface area contributed by atoms with Gasteiger partial charge >= 0.3 is 0 Å². The van der Waals surface area contributed by atoms with Gasteiger partial charge in [0.05, 0.1) is 25.0 Å². The van der Waals surface area contributed by atoms with E-state index < -0.39 is 11.9 Å². The van der Waals surface area contributed by atoms with E-state index in [1.54, 1.807) is 25.0 Å². The Labute approximate surface area is 164 Å². The summed E-state index contributed by atoms with van der Waals surface area (Å²) in [6.45, 7) is 3.60. The van der Waals surface area contributed by atoms with E-state index in [9.17, 15) is 9.59 Å². The van der Waals surface area contributed by atoms with Gasteiger partial charge in [0.25, 0.3) is 0 Å². The number of piperazine rings is 1. The molecule has 1 fully saturated rings. The minimum atomic E-state index is -0.545. The van der Waals surface area contributed by atoms with Gasteiger partial charge in [-0.05, 0) is 31.2 Å². The molecule has 2 amide bonds. The average molecular weight is 386 g/mol. The Hall–Kier alpha value is -3.07. The van der Waals surface area contributed by atoms with Crippen molar-refractivity contribution in [3.05, 3.63) is 36.2 Å². The third-order valence-electron chi connectivity index (χ3n) is 4.89. The van der Waals surface area contributed by atoms with Crippen molar-refractivity contribution in [2.24, 2.45) is 12.8 Å². The highest BCUT2D eigenvalue weighted by Gasteiger charge is 2.32. The van der Waals surface area contributed by atoms with Crippen molar-refractivity contribution in [2.45, 2.75) is 13.0 Å². The molecule has 0 unspecified atom stereocenters. The number of amides is 2. The molecule has 1 atom stereocenters. The van der Waals surface area contributed by atoms with Crippen LogP contribution in [0.5, 0.6) is 5.75 Å². The third-order valence-corrected chi connectivity index (χ3v) is 4.89. The van der Waals surface area contributed by atoms with Crippen LogP contribution < -0.4 is 20.7 Å². The molecule has 0 radical (unpaired) electrons. The first-order chi connectivity index (χ1) is 13.4. The van der Waals surface area contributed by atoms with Crippen LogP contribution in [0.2, 0.25) is 0 Å². The van der Waals surface area contributed by atoms with Crippen LogP contribution in [0.25, 0.3) is 0 Å². The van der Waals surface area contributed by atoms with E-state index in [2.05, 4.69) is 15.3 Å². The number of hydrogen-bond acceptors (Lipinski definition) is 6. The number of aromatic nitrogens is 2. The van der Waals surface area contributed by atoms with Gasteiger partial charge in [-0.15, -0.1) is 0 Å². The fourth-order valence-corrected chi connectivity index (χ4v) is 3.40. The average Bonchev–Trinajstić information content (AvgIpc) is 2.98. The van der Waals surface area contributed by atoms with Gasteiger partial charge in [0.1, 0.15) is 11.8 Å². The fraction of sp³-hybridized carbons (Fsp3) is 0.421. The molecule has 3 N–H and O–H groups in total. The molecule has 0 saturated carbocycles. The first kappa shape index (κ1) is 19.7. The number of aryl methyl sites for hydroxylation is 2.